The number of nitrogens with zero attached hydrogens (tertiary/aromatic N) is 4. The molecule has 1 saturated heterocycles. The third kappa shape index (κ3) is 4.68. The van der Waals surface area contributed by atoms with Crippen LogP contribution >= 0.6 is 0 Å². The second kappa shape index (κ2) is 7.96. The molecule has 0 aromatic carbocycles. The van der Waals surface area contributed by atoms with Gasteiger partial charge in [0, 0.05) is 44.0 Å². The van der Waals surface area contributed by atoms with Crippen LogP contribution in [0.5, 0.6) is 0 Å². The number of piperidine rings is 1. The van der Waals surface area contributed by atoms with Crippen molar-refractivity contribution in [2.45, 2.75) is 33.1 Å². The number of carbonyl (C=O) groups excluding carboxylic acids is 1. The van der Waals surface area contributed by atoms with Crippen molar-refractivity contribution in [1.29, 1.82) is 0 Å². The zero-order valence-corrected chi connectivity index (χ0v) is 14.7. The average molecular weight is 344 g/mol. The molecule has 0 saturated carbocycles. The predicted molar refractivity (Wildman–Crippen MR) is 94.9 cm³/mol. The van der Waals surface area contributed by atoms with Gasteiger partial charge in [-0.25, -0.2) is 4.98 Å². The average Bonchev–Trinajstić information content (AvgIpc) is 3.05. The van der Waals surface area contributed by atoms with Crippen LogP contribution in [0.3, 0.4) is 0 Å². The Kier molecular flexibility index (Phi) is 5.47. The van der Waals surface area contributed by atoms with E-state index in [0.717, 1.165) is 24.6 Å². The molecular weight excluding hydrogens is 320 g/mol. The van der Waals surface area contributed by atoms with E-state index in [-0.39, 0.29) is 11.6 Å². The molecular formula is C17H24N6O2. The molecule has 1 aliphatic rings. The minimum Gasteiger partial charge on any atom is -0.361 e. The van der Waals surface area contributed by atoms with Crippen molar-refractivity contribution in [2.24, 2.45) is 0 Å². The van der Waals surface area contributed by atoms with Gasteiger partial charge < -0.3 is 20.1 Å². The van der Waals surface area contributed by atoms with Gasteiger partial charge in [0.2, 0.25) is 5.95 Å². The summed E-state index contributed by atoms with van der Waals surface area (Å²) in [5.41, 5.74) is 1.22. The predicted octanol–water partition coefficient (Wildman–Crippen LogP) is 1.91. The van der Waals surface area contributed by atoms with Gasteiger partial charge in [-0.3, -0.25) is 4.79 Å². The molecule has 1 fully saturated rings. The van der Waals surface area contributed by atoms with Crippen LogP contribution in [-0.2, 0) is 0 Å². The molecule has 0 unspecified atom stereocenters. The van der Waals surface area contributed by atoms with E-state index in [4.69, 9.17) is 4.52 Å². The van der Waals surface area contributed by atoms with E-state index in [0.29, 0.717) is 24.8 Å². The molecule has 1 amide bonds. The molecule has 134 valence electrons. The van der Waals surface area contributed by atoms with E-state index in [9.17, 15) is 4.79 Å². The smallest absolute Gasteiger partial charge is 0.273 e. The first-order valence-corrected chi connectivity index (χ1v) is 8.68. The largest absolute Gasteiger partial charge is 0.361 e. The fourth-order valence-electron chi connectivity index (χ4n) is 2.83. The molecule has 2 N–H and O–H groups in total. The molecule has 1 aliphatic heterocycles. The molecule has 0 atom stereocenters. The fourth-order valence-corrected chi connectivity index (χ4v) is 2.83. The van der Waals surface area contributed by atoms with Crippen LogP contribution in [0.15, 0.2) is 16.7 Å². The molecule has 25 heavy (non-hydrogen) atoms. The number of carbonyl (C=O) groups is 1. The molecule has 2 aromatic heterocycles. The molecule has 0 aliphatic carbocycles. The van der Waals surface area contributed by atoms with Gasteiger partial charge >= 0.3 is 0 Å². The molecule has 0 radical (unpaired) electrons. The SMILES string of the molecule is Cc1cc(N2CCCCC2)nc(NCCNC(=O)c2cc(C)on2)n1. The van der Waals surface area contributed by atoms with E-state index in [1.165, 1.54) is 19.3 Å². The summed E-state index contributed by atoms with van der Waals surface area (Å²) in [6.07, 6.45) is 3.70. The van der Waals surface area contributed by atoms with Crippen molar-refractivity contribution in [2.75, 3.05) is 36.4 Å². The van der Waals surface area contributed by atoms with Crippen molar-refractivity contribution in [1.82, 2.24) is 20.4 Å². The lowest BCUT2D eigenvalue weighted by Crippen LogP contribution is -2.31. The van der Waals surface area contributed by atoms with Gasteiger partial charge in [0.05, 0.1) is 0 Å². The molecule has 0 bridgehead atoms. The number of hydrogen-bond acceptors (Lipinski definition) is 7. The number of aryl methyl sites for hydroxylation is 2. The van der Waals surface area contributed by atoms with Gasteiger partial charge in [-0.05, 0) is 33.1 Å². The zero-order chi connectivity index (χ0) is 17.6. The van der Waals surface area contributed by atoms with E-state index < -0.39 is 0 Å². The van der Waals surface area contributed by atoms with Crippen LogP contribution < -0.4 is 15.5 Å². The van der Waals surface area contributed by atoms with E-state index in [1.807, 2.05) is 13.0 Å². The van der Waals surface area contributed by atoms with Crippen molar-refractivity contribution in [3.05, 3.63) is 29.3 Å². The highest BCUT2D eigenvalue weighted by Crippen LogP contribution is 2.19. The topological polar surface area (TPSA) is 96.2 Å². The number of amides is 1. The van der Waals surface area contributed by atoms with Crippen LogP contribution in [0.25, 0.3) is 0 Å². The van der Waals surface area contributed by atoms with Crippen LogP contribution in [0.1, 0.15) is 41.2 Å². The highest BCUT2D eigenvalue weighted by molar-refractivity contribution is 5.92. The summed E-state index contributed by atoms with van der Waals surface area (Å²) in [5, 5.41) is 9.64. The number of anilines is 2. The maximum absolute atomic E-state index is 11.9. The molecule has 3 rings (SSSR count). The quantitative estimate of drug-likeness (QED) is 0.773. The normalized spacial score (nSPS) is 14.4. The first-order valence-electron chi connectivity index (χ1n) is 8.68. The summed E-state index contributed by atoms with van der Waals surface area (Å²) in [7, 11) is 0. The lowest BCUT2D eigenvalue weighted by atomic mass is 10.1. The standard InChI is InChI=1S/C17H24N6O2/c1-12-10-15(23-8-4-3-5-9-23)21-17(20-12)19-7-6-18-16(24)14-11-13(2)25-22-14/h10-11H,3-9H2,1-2H3,(H,18,24)(H,19,20,21). The Morgan fingerprint density at radius 3 is 2.68 bits per heavy atom. The van der Waals surface area contributed by atoms with E-state index >= 15 is 0 Å². The minimum absolute atomic E-state index is 0.252. The summed E-state index contributed by atoms with van der Waals surface area (Å²) in [6.45, 7) is 6.79. The maximum Gasteiger partial charge on any atom is 0.273 e. The second-order valence-corrected chi connectivity index (χ2v) is 6.24. The summed E-state index contributed by atoms with van der Waals surface area (Å²) in [4.78, 5) is 23.2. The Bertz CT molecular complexity index is 724. The van der Waals surface area contributed by atoms with Gasteiger partial charge in [0.25, 0.3) is 5.91 Å². The van der Waals surface area contributed by atoms with Gasteiger partial charge in [-0.1, -0.05) is 5.16 Å². The third-order valence-electron chi connectivity index (χ3n) is 4.08. The summed E-state index contributed by atoms with van der Waals surface area (Å²) in [5.74, 6) is 1.92. The molecule has 8 nitrogen and oxygen atoms in total. The Morgan fingerprint density at radius 1 is 1.16 bits per heavy atom. The number of nitrogens with one attached hydrogen (secondary N) is 2. The Morgan fingerprint density at radius 2 is 1.96 bits per heavy atom. The van der Waals surface area contributed by atoms with Gasteiger partial charge in [0.15, 0.2) is 5.69 Å². The second-order valence-electron chi connectivity index (χ2n) is 6.24. The van der Waals surface area contributed by atoms with Crippen molar-refractivity contribution in [3.63, 3.8) is 0 Å². The van der Waals surface area contributed by atoms with Crippen molar-refractivity contribution >= 4 is 17.7 Å². The Hall–Kier alpha value is -2.64. The van der Waals surface area contributed by atoms with Crippen LogP contribution in [0, 0.1) is 13.8 Å². The lowest BCUT2D eigenvalue weighted by Gasteiger charge is -2.28. The van der Waals surface area contributed by atoms with Gasteiger partial charge in [0.1, 0.15) is 11.6 Å². The number of hydrogen-bond donors (Lipinski definition) is 2. The summed E-state index contributed by atoms with van der Waals surface area (Å²) in [6, 6.07) is 3.63. The Balaban J connectivity index is 1.51. The molecule has 2 aromatic rings. The molecule has 0 spiro atoms. The Labute approximate surface area is 147 Å². The monoisotopic (exact) mass is 344 g/mol. The van der Waals surface area contributed by atoms with Gasteiger partial charge in [-0.2, -0.15) is 4.98 Å². The lowest BCUT2D eigenvalue weighted by molar-refractivity contribution is 0.0946. The third-order valence-corrected chi connectivity index (χ3v) is 4.08. The van der Waals surface area contributed by atoms with Crippen LogP contribution in [0.2, 0.25) is 0 Å². The molecule has 3 heterocycles. The number of aromatic nitrogens is 3. The first-order chi connectivity index (χ1) is 12.1. The minimum atomic E-state index is -0.252. The first kappa shape index (κ1) is 17.2. The van der Waals surface area contributed by atoms with E-state index in [2.05, 4.69) is 30.7 Å². The highest BCUT2D eigenvalue weighted by atomic mass is 16.5. The summed E-state index contributed by atoms with van der Waals surface area (Å²) >= 11 is 0. The maximum atomic E-state index is 11.9. The molecule has 8 heteroatoms. The van der Waals surface area contributed by atoms with Crippen LogP contribution in [-0.4, -0.2) is 47.2 Å². The van der Waals surface area contributed by atoms with Crippen molar-refractivity contribution < 1.29 is 9.32 Å². The summed E-state index contributed by atoms with van der Waals surface area (Å²) < 4.78 is 4.89. The fraction of sp³-hybridized carbons (Fsp3) is 0.529. The van der Waals surface area contributed by atoms with Crippen molar-refractivity contribution in [3.8, 4) is 0 Å². The highest BCUT2D eigenvalue weighted by Gasteiger charge is 2.14. The van der Waals surface area contributed by atoms with Crippen LogP contribution in [0.4, 0.5) is 11.8 Å². The zero-order valence-electron chi connectivity index (χ0n) is 14.7. The number of rotatable bonds is 6. The van der Waals surface area contributed by atoms with Gasteiger partial charge in [-0.15, -0.1) is 0 Å². The van der Waals surface area contributed by atoms with E-state index in [1.54, 1.807) is 13.0 Å².